The highest BCUT2D eigenvalue weighted by Crippen LogP contribution is 2.79. The monoisotopic (exact) mass is 443 g/mol. The summed E-state index contributed by atoms with van der Waals surface area (Å²) >= 11 is 0. The third-order valence-electron chi connectivity index (χ3n) is 5.97. The first-order valence-electron chi connectivity index (χ1n) is 10.2. The van der Waals surface area contributed by atoms with Crippen molar-refractivity contribution in [2.24, 2.45) is 0 Å². The molecule has 2 heterocycles. The van der Waals surface area contributed by atoms with Gasteiger partial charge in [0.25, 0.3) is 11.8 Å². The highest BCUT2D eigenvalue weighted by Gasteiger charge is 2.74. The molecule has 2 aliphatic rings. The molecule has 2 aliphatic heterocycles. The van der Waals surface area contributed by atoms with Crippen molar-refractivity contribution in [3.05, 3.63) is 71.8 Å². The van der Waals surface area contributed by atoms with E-state index in [9.17, 15) is 9.59 Å². The Morgan fingerprint density at radius 1 is 0.742 bits per heavy atom. The number of benzene rings is 2. The SMILES string of the molecule is CNC(=O)C1O[P+]2(OC(C(=O)NC)C(c3ccccc3)N2C)N(C)C1c1ccccc1. The van der Waals surface area contributed by atoms with Crippen molar-refractivity contribution in [1.82, 2.24) is 20.0 Å². The van der Waals surface area contributed by atoms with Crippen molar-refractivity contribution in [1.29, 1.82) is 0 Å². The predicted molar refractivity (Wildman–Crippen MR) is 119 cm³/mol. The molecular weight excluding hydrogens is 415 g/mol. The topological polar surface area (TPSA) is 83.1 Å². The summed E-state index contributed by atoms with van der Waals surface area (Å²) in [6.45, 7) is 0. The van der Waals surface area contributed by atoms with E-state index < -0.39 is 20.2 Å². The molecule has 2 aromatic rings. The summed E-state index contributed by atoms with van der Waals surface area (Å²) in [5, 5.41) is 5.42. The molecular formula is C22H28N4O4P+. The van der Waals surface area contributed by atoms with Gasteiger partial charge in [0.15, 0.2) is 0 Å². The van der Waals surface area contributed by atoms with E-state index in [0.717, 1.165) is 11.1 Å². The minimum Gasteiger partial charge on any atom is -0.357 e. The van der Waals surface area contributed by atoms with E-state index in [1.807, 2.05) is 84.1 Å². The van der Waals surface area contributed by atoms with Gasteiger partial charge in [-0.1, -0.05) is 60.7 Å². The van der Waals surface area contributed by atoms with Crippen LogP contribution in [0.3, 0.4) is 0 Å². The van der Waals surface area contributed by atoms with Crippen molar-refractivity contribution in [3.63, 3.8) is 0 Å². The summed E-state index contributed by atoms with van der Waals surface area (Å²) in [4.78, 5) is 25.6. The predicted octanol–water partition coefficient (Wildman–Crippen LogP) is 2.30. The van der Waals surface area contributed by atoms with E-state index in [-0.39, 0.29) is 23.9 Å². The average Bonchev–Trinajstić information content (AvgIpc) is 3.28. The van der Waals surface area contributed by atoms with Crippen LogP contribution in [0.1, 0.15) is 23.2 Å². The van der Waals surface area contributed by atoms with E-state index >= 15 is 0 Å². The second-order valence-electron chi connectivity index (χ2n) is 7.63. The van der Waals surface area contributed by atoms with Gasteiger partial charge in [-0.2, -0.15) is 9.05 Å². The quantitative estimate of drug-likeness (QED) is 0.706. The Labute approximate surface area is 183 Å². The van der Waals surface area contributed by atoms with Crippen LogP contribution in [-0.4, -0.2) is 61.6 Å². The van der Waals surface area contributed by atoms with Crippen LogP contribution < -0.4 is 10.6 Å². The molecule has 0 aliphatic carbocycles. The molecule has 2 fully saturated rings. The first kappa shape index (κ1) is 21.9. The maximum absolute atomic E-state index is 12.8. The fourth-order valence-electron chi connectivity index (χ4n) is 4.41. The van der Waals surface area contributed by atoms with Crippen LogP contribution in [-0.2, 0) is 18.6 Å². The Morgan fingerprint density at radius 2 is 1.10 bits per heavy atom. The van der Waals surface area contributed by atoms with Gasteiger partial charge < -0.3 is 10.6 Å². The molecule has 8 nitrogen and oxygen atoms in total. The van der Waals surface area contributed by atoms with Crippen molar-refractivity contribution in [3.8, 4) is 0 Å². The number of hydrogen-bond donors (Lipinski definition) is 2. The molecule has 31 heavy (non-hydrogen) atoms. The lowest BCUT2D eigenvalue weighted by atomic mass is 10.0. The number of amides is 2. The average molecular weight is 443 g/mol. The number of nitrogens with zero attached hydrogens (tertiary/aromatic N) is 2. The largest absolute Gasteiger partial charge is 0.438 e. The number of likely N-dealkylation sites (N-methyl/N-ethyl adjacent to an activating group) is 4. The van der Waals surface area contributed by atoms with E-state index in [2.05, 4.69) is 10.6 Å². The van der Waals surface area contributed by atoms with Crippen LogP contribution in [0.5, 0.6) is 0 Å². The molecule has 4 atom stereocenters. The summed E-state index contributed by atoms with van der Waals surface area (Å²) in [5.74, 6) is -0.455. The highest BCUT2D eigenvalue weighted by molar-refractivity contribution is 7.62. The Hall–Kier alpha value is -2.35. The smallest absolute Gasteiger partial charge is 0.357 e. The minimum absolute atomic E-state index is 0.228. The molecule has 0 bridgehead atoms. The van der Waals surface area contributed by atoms with Crippen molar-refractivity contribution in [2.75, 3.05) is 28.2 Å². The highest BCUT2D eigenvalue weighted by atomic mass is 31.2. The number of carbonyl (C=O) groups is 2. The van der Waals surface area contributed by atoms with Gasteiger partial charge in [0.05, 0.1) is 0 Å². The zero-order chi connectivity index (χ0) is 22.2. The van der Waals surface area contributed by atoms with Crippen LogP contribution in [0.25, 0.3) is 0 Å². The van der Waals surface area contributed by atoms with Crippen molar-refractivity contribution in [2.45, 2.75) is 24.3 Å². The molecule has 0 aromatic heterocycles. The van der Waals surface area contributed by atoms with Crippen LogP contribution >= 0.6 is 8.02 Å². The van der Waals surface area contributed by atoms with E-state index in [1.165, 1.54) is 0 Å². The first-order chi connectivity index (χ1) is 14.9. The van der Waals surface area contributed by atoms with Gasteiger partial charge in [0.2, 0.25) is 12.2 Å². The lowest BCUT2D eigenvalue weighted by molar-refractivity contribution is -0.128. The van der Waals surface area contributed by atoms with Gasteiger partial charge in [-0.25, -0.2) is 0 Å². The lowest BCUT2D eigenvalue weighted by Gasteiger charge is -2.26. The van der Waals surface area contributed by atoms with Gasteiger partial charge in [-0.05, 0) is 11.1 Å². The molecule has 164 valence electrons. The molecule has 2 N–H and O–H groups in total. The van der Waals surface area contributed by atoms with Gasteiger partial charge in [0, 0.05) is 28.2 Å². The Morgan fingerprint density at radius 3 is 1.42 bits per heavy atom. The van der Waals surface area contributed by atoms with E-state index in [4.69, 9.17) is 9.05 Å². The molecule has 4 unspecified atom stereocenters. The Bertz CT molecular complexity index is 868. The minimum atomic E-state index is -2.92. The maximum atomic E-state index is 12.8. The summed E-state index contributed by atoms with van der Waals surface area (Å²) in [7, 11) is 4.07. The van der Waals surface area contributed by atoms with Gasteiger partial charge in [-0.15, -0.1) is 9.34 Å². The molecule has 2 aromatic carbocycles. The number of hydrogen-bond acceptors (Lipinski definition) is 6. The molecule has 0 saturated carbocycles. The normalized spacial score (nSPS) is 31.1. The second-order valence-corrected chi connectivity index (χ2v) is 10.3. The van der Waals surface area contributed by atoms with Crippen LogP contribution in [0, 0.1) is 0 Å². The summed E-state index contributed by atoms with van der Waals surface area (Å²) < 4.78 is 17.0. The fraction of sp³-hybridized carbons (Fsp3) is 0.364. The van der Waals surface area contributed by atoms with Gasteiger partial charge in [-0.3, -0.25) is 9.59 Å². The Balaban J connectivity index is 1.79. The Kier molecular flexibility index (Phi) is 6.10. The fourth-order valence-corrected chi connectivity index (χ4v) is 7.65. The van der Waals surface area contributed by atoms with Crippen molar-refractivity contribution < 1.29 is 18.6 Å². The summed E-state index contributed by atoms with van der Waals surface area (Å²) in [6, 6.07) is 18.8. The summed E-state index contributed by atoms with van der Waals surface area (Å²) in [5.41, 5.74) is 1.90. The number of rotatable bonds is 4. The molecule has 4 rings (SSSR count). The molecule has 2 amide bonds. The first-order valence-corrected chi connectivity index (χ1v) is 11.7. The third-order valence-corrected chi connectivity index (χ3v) is 9.07. The third kappa shape index (κ3) is 3.54. The van der Waals surface area contributed by atoms with E-state index in [1.54, 1.807) is 14.1 Å². The zero-order valence-corrected chi connectivity index (χ0v) is 19.0. The standard InChI is InChI=1S/C22H27N4O4P/c1-23-21(27)19-17(15-11-7-5-8-12-15)25(3)31(29-19)26(4)18(16-13-9-6-10-14-16)20(30-31)22(28)24-2/h5-14,17-20H,1-4H3,(H-,23,24,27,28)/p+1. The lowest BCUT2D eigenvalue weighted by Crippen LogP contribution is -2.37. The summed E-state index contributed by atoms with van der Waals surface area (Å²) in [6.07, 6.45) is -1.54. The zero-order valence-electron chi connectivity index (χ0n) is 18.1. The molecule has 9 heteroatoms. The maximum Gasteiger partial charge on any atom is 0.438 e. The van der Waals surface area contributed by atoms with Crippen LogP contribution in [0.4, 0.5) is 0 Å². The molecule has 1 spiro atoms. The van der Waals surface area contributed by atoms with Crippen LogP contribution in [0.2, 0.25) is 0 Å². The van der Waals surface area contributed by atoms with Gasteiger partial charge >= 0.3 is 8.02 Å². The molecule has 0 radical (unpaired) electrons. The van der Waals surface area contributed by atoms with Crippen LogP contribution in [0.15, 0.2) is 60.7 Å². The number of nitrogens with one attached hydrogen (secondary N) is 2. The van der Waals surface area contributed by atoms with Gasteiger partial charge in [0.1, 0.15) is 12.1 Å². The van der Waals surface area contributed by atoms with E-state index in [0.29, 0.717) is 0 Å². The van der Waals surface area contributed by atoms with Crippen molar-refractivity contribution >= 4 is 19.8 Å². The number of carbonyl (C=O) groups excluding carboxylic acids is 2. The molecule has 2 saturated heterocycles. The second kappa shape index (κ2) is 8.65.